The summed E-state index contributed by atoms with van der Waals surface area (Å²) in [6.07, 6.45) is 1.46. The standard InChI is InChI=1S/C18H24N4O3S/c1-19-26(24,25)16-12-17(20(2)14-16)18(23)22-10-8-21(9-11-22)13-15-6-4-3-5-7-15/h3-7,12,14,19H,8-11,13H2,1-2H3. The predicted molar refractivity (Wildman–Crippen MR) is 99.3 cm³/mol. The van der Waals surface area contributed by atoms with Crippen molar-refractivity contribution in [2.24, 2.45) is 7.05 Å². The minimum absolute atomic E-state index is 0.105. The maximum atomic E-state index is 12.8. The van der Waals surface area contributed by atoms with E-state index in [-0.39, 0.29) is 10.8 Å². The van der Waals surface area contributed by atoms with Crippen LogP contribution in [0.15, 0.2) is 47.5 Å². The van der Waals surface area contributed by atoms with Gasteiger partial charge in [-0.2, -0.15) is 0 Å². The Bertz CT molecular complexity index is 869. The fraction of sp³-hybridized carbons (Fsp3) is 0.389. The molecule has 0 radical (unpaired) electrons. The van der Waals surface area contributed by atoms with Gasteiger partial charge in [0.15, 0.2) is 0 Å². The molecule has 1 aromatic heterocycles. The molecule has 0 bridgehead atoms. The highest BCUT2D eigenvalue weighted by Crippen LogP contribution is 2.16. The lowest BCUT2D eigenvalue weighted by Crippen LogP contribution is -2.48. The Morgan fingerprint density at radius 1 is 1.12 bits per heavy atom. The fourth-order valence-electron chi connectivity index (χ4n) is 3.12. The van der Waals surface area contributed by atoms with E-state index in [1.54, 1.807) is 16.5 Å². The number of rotatable bonds is 5. The summed E-state index contributed by atoms with van der Waals surface area (Å²) in [5, 5.41) is 0. The lowest BCUT2D eigenvalue weighted by atomic mass is 10.2. The molecule has 7 nitrogen and oxygen atoms in total. The Morgan fingerprint density at radius 2 is 1.77 bits per heavy atom. The third kappa shape index (κ3) is 3.98. The number of sulfonamides is 1. The predicted octanol–water partition coefficient (Wildman–Crippen LogP) is 0.891. The monoisotopic (exact) mass is 376 g/mol. The van der Waals surface area contributed by atoms with Crippen molar-refractivity contribution in [3.05, 3.63) is 53.9 Å². The number of aromatic nitrogens is 1. The average molecular weight is 376 g/mol. The number of hydrogen-bond donors (Lipinski definition) is 1. The van der Waals surface area contributed by atoms with E-state index in [0.717, 1.165) is 19.6 Å². The number of aryl methyl sites for hydroxylation is 1. The smallest absolute Gasteiger partial charge is 0.270 e. The van der Waals surface area contributed by atoms with Crippen LogP contribution in [0.25, 0.3) is 0 Å². The van der Waals surface area contributed by atoms with Crippen LogP contribution >= 0.6 is 0 Å². The van der Waals surface area contributed by atoms with Crippen molar-refractivity contribution in [2.75, 3.05) is 33.2 Å². The third-order valence-corrected chi connectivity index (χ3v) is 6.07. The van der Waals surface area contributed by atoms with Crippen molar-refractivity contribution >= 4 is 15.9 Å². The van der Waals surface area contributed by atoms with Gasteiger partial charge in [0.25, 0.3) is 5.91 Å². The van der Waals surface area contributed by atoms with E-state index in [0.29, 0.717) is 18.8 Å². The van der Waals surface area contributed by atoms with Gasteiger partial charge in [-0.05, 0) is 18.7 Å². The van der Waals surface area contributed by atoms with Gasteiger partial charge in [-0.1, -0.05) is 30.3 Å². The van der Waals surface area contributed by atoms with Crippen LogP contribution in [0.2, 0.25) is 0 Å². The summed E-state index contributed by atoms with van der Waals surface area (Å²) in [4.78, 5) is 17.0. The van der Waals surface area contributed by atoms with Crippen LogP contribution in [0, 0.1) is 0 Å². The molecule has 0 aliphatic carbocycles. The second-order valence-electron chi connectivity index (χ2n) is 6.43. The van der Waals surface area contributed by atoms with Crippen LogP contribution < -0.4 is 4.72 Å². The van der Waals surface area contributed by atoms with Gasteiger partial charge < -0.3 is 9.47 Å². The number of carbonyl (C=O) groups excluding carboxylic acids is 1. The minimum Gasteiger partial charge on any atom is -0.345 e. The summed E-state index contributed by atoms with van der Waals surface area (Å²) < 4.78 is 27.7. The van der Waals surface area contributed by atoms with Crippen LogP contribution in [0.1, 0.15) is 16.1 Å². The summed E-state index contributed by atoms with van der Waals surface area (Å²) in [7, 11) is -0.512. The Kier molecular flexibility index (Phi) is 5.45. The highest BCUT2D eigenvalue weighted by Gasteiger charge is 2.26. The maximum absolute atomic E-state index is 12.8. The highest BCUT2D eigenvalue weighted by molar-refractivity contribution is 7.89. The van der Waals surface area contributed by atoms with Crippen LogP contribution in [0.3, 0.4) is 0 Å². The van der Waals surface area contributed by atoms with Gasteiger partial charge in [0.05, 0.1) is 0 Å². The highest BCUT2D eigenvalue weighted by atomic mass is 32.2. The van der Waals surface area contributed by atoms with E-state index < -0.39 is 10.0 Å². The molecular weight excluding hydrogens is 352 g/mol. The van der Waals surface area contributed by atoms with Crippen molar-refractivity contribution in [3.63, 3.8) is 0 Å². The first-order valence-corrected chi connectivity index (χ1v) is 10.0. The zero-order valence-electron chi connectivity index (χ0n) is 15.1. The molecule has 0 spiro atoms. The molecule has 1 saturated heterocycles. The Morgan fingerprint density at radius 3 is 2.38 bits per heavy atom. The normalized spacial score (nSPS) is 16.0. The molecule has 26 heavy (non-hydrogen) atoms. The Balaban J connectivity index is 1.64. The minimum atomic E-state index is -3.56. The first kappa shape index (κ1) is 18.6. The van der Waals surface area contributed by atoms with Crippen LogP contribution in [-0.2, 0) is 23.6 Å². The summed E-state index contributed by atoms with van der Waals surface area (Å²) in [5.74, 6) is -0.135. The number of nitrogens with one attached hydrogen (secondary N) is 1. The number of piperazine rings is 1. The number of hydrogen-bond acceptors (Lipinski definition) is 4. The van der Waals surface area contributed by atoms with E-state index in [1.807, 2.05) is 18.2 Å². The van der Waals surface area contributed by atoms with Gasteiger partial charge in [0.1, 0.15) is 10.6 Å². The van der Waals surface area contributed by atoms with E-state index in [9.17, 15) is 13.2 Å². The zero-order valence-corrected chi connectivity index (χ0v) is 15.9. The second kappa shape index (κ2) is 7.61. The van der Waals surface area contributed by atoms with Gasteiger partial charge >= 0.3 is 0 Å². The topological polar surface area (TPSA) is 74.7 Å². The molecule has 0 unspecified atom stereocenters. The van der Waals surface area contributed by atoms with Gasteiger partial charge in [-0.25, -0.2) is 13.1 Å². The SMILES string of the molecule is CNS(=O)(=O)c1cc(C(=O)N2CCN(Cc3ccccc3)CC2)n(C)c1. The molecule has 2 aromatic rings. The van der Waals surface area contributed by atoms with Crippen molar-refractivity contribution in [1.82, 2.24) is 19.1 Å². The lowest BCUT2D eigenvalue weighted by Gasteiger charge is -2.34. The zero-order chi connectivity index (χ0) is 18.7. The number of benzene rings is 1. The maximum Gasteiger partial charge on any atom is 0.270 e. The lowest BCUT2D eigenvalue weighted by molar-refractivity contribution is 0.0619. The van der Waals surface area contributed by atoms with E-state index >= 15 is 0 Å². The quantitative estimate of drug-likeness (QED) is 0.841. The summed E-state index contributed by atoms with van der Waals surface area (Å²) in [5.41, 5.74) is 1.65. The number of carbonyl (C=O) groups is 1. The molecule has 1 aliphatic rings. The summed E-state index contributed by atoms with van der Waals surface area (Å²) >= 11 is 0. The molecule has 1 aliphatic heterocycles. The van der Waals surface area contributed by atoms with Crippen molar-refractivity contribution in [2.45, 2.75) is 11.4 Å². The number of amides is 1. The summed E-state index contributed by atoms with van der Waals surface area (Å²) in [6.45, 7) is 3.73. The van der Waals surface area contributed by atoms with E-state index in [1.165, 1.54) is 24.9 Å². The Hall–Kier alpha value is -2.16. The molecular formula is C18H24N4O3S. The third-order valence-electron chi connectivity index (χ3n) is 4.69. The second-order valence-corrected chi connectivity index (χ2v) is 8.32. The molecule has 1 N–H and O–H groups in total. The van der Waals surface area contributed by atoms with E-state index in [2.05, 4.69) is 21.8 Å². The molecule has 8 heteroatoms. The molecule has 1 fully saturated rings. The molecule has 3 rings (SSSR count). The molecule has 1 amide bonds. The first-order valence-electron chi connectivity index (χ1n) is 8.56. The first-order chi connectivity index (χ1) is 12.4. The molecule has 140 valence electrons. The largest absolute Gasteiger partial charge is 0.345 e. The van der Waals surface area contributed by atoms with Gasteiger partial charge in [0.2, 0.25) is 10.0 Å². The molecule has 1 aromatic carbocycles. The number of nitrogens with zero attached hydrogens (tertiary/aromatic N) is 3. The Labute approximate surface area is 154 Å². The fourth-order valence-corrected chi connectivity index (χ4v) is 3.92. The van der Waals surface area contributed by atoms with Crippen LogP contribution in [0.5, 0.6) is 0 Å². The summed E-state index contributed by atoms with van der Waals surface area (Å²) in [6, 6.07) is 11.7. The molecule has 0 saturated carbocycles. The van der Waals surface area contributed by atoms with Crippen molar-refractivity contribution < 1.29 is 13.2 Å². The van der Waals surface area contributed by atoms with Crippen LogP contribution in [-0.4, -0.2) is 61.9 Å². The van der Waals surface area contributed by atoms with Gasteiger partial charge in [-0.3, -0.25) is 9.69 Å². The van der Waals surface area contributed by atoms with Gasteiger partial charge in [0, 0.05) is 46.0 Å². The molecule has 0 atom stereocenters. The average Bonchev–Trinajstić information content (AvgIpc) is 3.05. The van der Waals surface area contributed by atoms with Gasteiger partial charge in [-0.15, -0.1) is 0 Å². The van der Waals surface area contributed by atoms with Crippen molar-refractivity contribution in [3.8, 4) is 0 Å². The van der Waals surface area contributed by atoms with Crippen LogP contribution in [0.4, 0.5) is 0 Å². The van der Waals surface area contributed by atoms with E-state index in [4.69, 9.17) is 0 Å². The molecule has 2 heterocycles. The van der Waals surface area contributed by atoms with Crippen molar-refractivity contribution in [1.29, 1.82) is 0 Å².